The Morgan fingerprint density at radius 3 is 2.06 bits per heavy atom. The molecular weight excluding hydrogens is 413 g/mol. The summed E-state index contributed by atoms with van der Waals surface area (Å²) >= 11 is 0. The van der Waals surface area contributed by atoms with Gasteiger partial charge in [-0.15, -0.1) is 0 Å². The minimum atomic E-state index is -1.93. The summed E-state index contributed by atoms with van der Waals surface area (Å²) in [6.45, 7) is 4.64. The van der Waals surface area contributed by atoms with Crippen LogP contribution in [-0.2, 0) is 23.9 Å². The van der Waals surface area contributed by atoms with Gasteiger partial charge in [0, 0.05) is 0 Å². The summed E-state index contributed by atoms with van der Waals surface area (Å²) < 4.78 is 22.5. The molecule has 0 spiro atoms. The van der Waals surface area contributed by atoms with Crippen LogP contribution in [0.2, 0.25) is 0 Å². The van der Waals surface area contributed by atoms with Gasteiger partial charge in [0.1, 0.15) is 23.9 Å². The predicted octanol–water partition coefficient (Wildman–Crippen LogP) is 0.848. The van der Waals surface area contributed by atoms with Crippen LogP contribution in [0.5, 0.6) is 5.75 Å². The molecule has 170 valence electrons. The zero-order valence-corrected chi connectivity index (χ0v) is 17.6. The fourth-order valence-electron chi connectivity index (χ4n) is 2.39. The van der Waals surface area contributed by atoms with E-state index in [1.54, 1.807) is 44.2 Å². The Labute approximate surface area is 178 Å². The number of carbonyl (C=O) groups excluding carboxylic acids is 5. The number of para-hydroxylation sites is 1. The smallest absolute Gasteiger partial charge is 0.413 e. The number of halogens is 1. The monoisotopic (exact) mass is 439 g/mol. The Morgan fingerprint density at radius 1 is 0.935 bits per heavy atom. The van der Waals surface area contributed by atoms with Gasteiger partial charge in [-0.2, -0.15) is 4.39 Å². The van der Waals surface area contributed by atoms with Gasteiger partial charge in [-0.25, -0.2) is 4.79 Å². The molecule has 1 aromatic rings. The normalized spacial score (nSPS) is 13.4. The maximum Gasteiger partial charge on any atom is 0.413 e. The first-order chi connectivity index (χ1) is 14.5. The van der Waals surface area contributed by atoms with Crippen LogP contribution >= 0.6 is 0 Å². The third-order valence-electron chi connectivity index (χ3n) is 4.12. The zero-order valence-electron chi connectivity index (χ0n) is 17.6. The molecular formula is C20H26FN3O7. The largest absolute Gasteiger partial charge is 0.469 e. The summed E-state index contributed by atoms with van der Waals surface area (Å²) in [6, 6.07) is 2.31. The Bertz CT molecular complexity index is 801. The number of amides is 3. The van der Waals surface area contributed by atoms with E-state index in [1.165, 1.54) is 6.92 Å². The van der Waals surface area contributed by atoms with E-state index in [-0.39, 0.29) is 11.7 Å². The van der Waals surface area contributed by atoms with Gasteiger partial charge in [-0.3, -0.25) is 19.2 Å². The molecule has 3 atom stereocenters. The number of methoxy groups -OCH3 is 1. The molecule has 0 aromatic heterocycles. The molecule has 0 fully saturated rings. The lowest BCUT2D eigenvalue weighted by Crippen LogP contribution is -2.56. The average molecular weight is 439 g/mol. The number of ether oxygens (including phenoxy) is 2. The van der Waals surface area contributed by atoms with Crippen LogP contribution < -0.4 is 20.7 Å². The molecule has 10 nitrogen and oxygen atoms in total. The van der Waals surface area contributed by atoms with E-state index in [9.17, 15) is 28.4 Å². The highest BCUT2D eigenvalue weighted by Crippen LogP contribution is 2.10. The van der Waals surface area contributed by atoms with Crippen molar-refractivity contribution in [2.75, 3.05) is 7.11 Å². The Hall–Kier alpha value is -3.50. The lowest BCUT2D eigenvalue weighted by atomic mass is 10.0. The van der Waals surface area contributed by atoms with Crippen molar-refractivity contribution in [3.63, 3.8) is 0 Å². The SMILES string of the molecule is COC(=O)CC(NC(=O)C(C)NC(=O)C(NC(=O)Oc1ccccc1)C(C)C)C(=O)F. The van der Waals surface area contributed by atoms with E-state index < -0.39 is 54.5 Å². The minimum Gasteiger partial charge on any atom is -0.469 e. The summed E-state index contributed by atoms with van der Waals surface area (Å²) in [6.07, 6.45) is -1.56. The van der Waals surface area contributed by atoms with Crippen molar-refractivity contribution in [1.82, 2.24) is 16.0 Å². The second-order valence-corrected chi connectivity index (χ2v) is 6.94. The van der Waals surface area contributed by atoms with E-state index in [1.807, 2.05) is 5.32 Å². The Morgan fingerprint density at radius 2 is 1.55 bits per heavy atom. The molecule has 0 aliphatic rings. The Kier molecular flexibility index (Phi) is 10.1. The van der Waals surface area contributed by atoms with E-state index in [2.05, 4.69) is 15.4 Å². The topological polar surface area (TPSA) is 140 Å². The second kappa shape index (κ2) is 12.3. The number of hydrogen-bond donors (Lipinski definition) is 3. The van der Waals surface area contributed by atoms with Crippen molar-refractivity contribution in [3.8, 4) is 5.75 Å². The molecule has 3 N–H and O–H groups in total. The van der Waals surface area contributed by atoms with Gasteiger partial charge in [0.2, 0.25) is 11.8 Å². The number of esters is 1. The van der Waals surface area contributed by atoms with Crippen molar-refractivity contribution in [2.24, 2.45) is 5.92 Å². The molecule has 3 amide bonds. The summed E-state index contributed by atoms with van der Waals surface area (Å²) in [5.74, 6) is -2.57. The molecule has 0 saturated carbocycles. The Balaban J connectivity index is 2.70. The number of carbonyl (C=O) groups is 5. The van der Waals surface area contributed by atoms with E-state index >= 15 is 0 Å². The molecule has 11 heteroatoms. The van der Waals surface area contributed by atoms with Crippen LogP contribution in [0.3, 0.4) is 0 Å². The van der Waals surface area contributed by atoms with Crippen LogP contribution in [-0.4, -0.2) is 55.1 Å². The molecule has 0 aliphatic carbocycles. The van der Waals surface area contributed by atoms with Crippen LogP contribution in [0, 0.1) is 5.92 Å². The minimum absolute atomic E-state index is 0.281. The van der Waals surface area contributed by atoms with E-state index in [0.29, 0.717) is 0 Å². The number of benzene rings is 1. The van der Waals surface area contributed by atoms with Crippen molar-refractivity contribution in [3.05, 3.63) is 30.3 Å². The predicted molar refractivity (Wildman–Crippen MR) is 107 cm³/mol. The fraction of sp³-hybridized carbons (Fsp3) is 0.450. The molecule has 0 saturated heterocycles. The van der Waals surface area contributed by atoms with Gasteiger partial charge in [0.05, 0.1) is 13.5 Å². The number of hydrogen-bond acceptors (Lipinski definition) is 7. The summed E-state index contributed by atoms with van der Waals surface area (Å²) in [7, 11) is 1.05. The molecule has 1 aromatic carbocycles. The molecule has 0 heterocycles. The van der Waals surface area contributed by atoms with Gasteiger partial charge in [0.25, 0.3) is 0 Å². The van der Waals surface area contributed by atoms with Gasteiger partial charge < -0.3 is 25.4 Å². The highest BCUT2D eigenvalue weighted by Gasteiger charge is 2.30. The van der Waals surface area contributed by atoms with Crippen LogP contribution in [0.4, 0.5) is 9.18 Å². The summed E-state index contributed by atoms with van der Waals surface area (Å²) in [4.78, 5) is 59.1. The van der Waals surface area contributed by atoms with Crippen molar-refractivity contribution >= 4 is 29.9 Å². The molecule has 0 radical (unpaired) electrons. The highest BCUT2D eigenvalue weighted by atomic mass is 19.1. The van der Waals surface area contributed by atoms with Gasteiger partial charge in [-0.05, 0) is 25.0 Å². The van der Waals surface area contributed by atoms with Gasteiger partial charge in [0.15, 0.2) is 0 Å². The molecule has 0 bridgehead atoms. The molecule has 3 unspecified atom stereocenters. The quantitative estimate of drug-likeness (QED) is 0.363. The zero-order chi connectivity index (χ0) is 23.6. The average Bonchev–Trinajstić information content (AvgIpc) is 2.71. The highest BCUT2D eigenvalue weighted by molar-refractivity contribution is 5.93. The third kappa shape index (κ3) is 8.81. The molecule has 0 aliphatic heterocycles. The van der Waals surface area contributed by atoms with Crippen molar-refractivity contribution < 1.29 is 37.8 Å². The van der Waals surface area contributed by atoms with Crippen molar-refractivity contribution in [1.29, 1.82) is 0 Å². The van der Waals surface area contributed by atoms with Crippen molar-refractivity contribution in [2.45, 2.75) is 45.3 Å². The fourth-order valence-corrected chi connectivity index (χ4v) is 2.39. The van der Waals surface area contributed by atoms with Crippen LogP contribution in [0.1, 0.15) is 27.2 Å². The first-order valence-electron chi connectivity index (χ1n) is 9.45. The standard InChI is InChI=1S/C20H26FN3O7/c1-11(2)16(24-20(29)31-13-8-6-5-7-9-13)19(28)22-12(3)18(27)23-14(17(21)26)10-15(25)30-4/h5-9,11-12,14,16H,10H2,1-4H3,(H,22,28)(H,23,27)(H,24,29). The molecule has 31 heavy (non-hydrogen) atoms. The van der Waals surface area contributed by atoms with E-state index in [4.69, 9.17) is 4.74 Å². The second-order valence-electron chi connectivity index (χ2n) is 6.94. The summed E-state index contributed by atoms with van der Waals surface area (Å²) in [5.41, 5.74) is 0. The van der Waals surface area contributed by atoms with Gasteiger partial charge in [-0.1, -0.05) is 32.0 Å². The number of nitrogens with one attached hydrogen (secondary N) is 3. The van der Waals surface area contributed by atoms with Crippen LogP contribution in [0.15, 0.2) is 30.3 Å². The van der Waals surface area contributed by atoms with Gasteiger partial charge >= 0.3 is 18.1 Å². The lowest BCUT2D eigenvalue weighted by Gasteiger charge is -2.24. The maximum atomic E-state index is 13.1. The third-order valence-corrected chi connectivity index (χ3v) is 4.12. The maximum absolute atomic E-state index is 13.1. The first-order valence-corrected chi connectivity index (χ1v) is 9.45. The van der Waals surface area contributed by atoms with E-state index in [0.717, 1.165) is 7.11 Å². The van der Waals surface area contributed by atoms with Crippen LogP contribution in [0.25, 0.3) is 0 Å². The molecule has 1 rings (SSSR count). The lowest BCUT2D eigenvalue weighted by molar-refractivity contribution is -0.145. The number of rotatable bonds is 10. The first kappa shape index (κ1) is 25.5. The summed E-state index contributed by atoms with van der Waals surface area (Å²) in [5, 5.41) is 6.83.